The van der Waals surface area contributed by atoms with Crippen LogP contribution in [0, 0.1) is 9.39 Å². The Morgan fingerprint density at radius 3 is 2.81 bits per heavy atom. The van der Waals surface area contributed by atoms with Gasteiger partial charge in [0.2, 0.25) is 5.95 Å². The fraction of sp³-hybridized carbons (Fsp3) is 0. The van der Waals surface area contributed by atoms with Crippen LogP contribution in [0.15, 0.2) is 41.2 Å². The first-order valence-corrected chi connectivity index (χ1v) is 7.12. The highest BCUT2D eigenvalue weighted by molar-refractivity contribution is 14.1. The summed E-state index contributed by atoms with van der Waals surface area (Å²) in [5.41, 5.74) is 7.07. The smallest absolute Gasteiger partial charge is 0.260 e. The number of aromatic nitrogens is 2. The van der Waals surface area contributed by atoms with E-state index < -0.39 is 0 Å². The molecule has 106 valence electrons. The van der Waals surface area contributed by atoms with Crippen molar-refractivity contribution in [2.24, 2.45) is 0 Å². The van der Waals surface area contributed by atoms with E-state index in [0.29, 0.717) is 31.8 Å². The van der Waals surface area contributed by atoms with E-state index in [1.807, 2.05) is 22.6 Å². The lowest BCUT2D eigenvalue weighted by molar-refractivity contribution is 0.627. The molecule has 0 radical (unpaired) electrons. The predicted octanol–water partition coefficient (Wildman–Crippen LogP) is 2.99. The minimum absolute atomic E-state index is 0.285. The molecule has 0 unspecified atom stereocenters. The summed E-state index contributed by atoms with van der Waals surface area (Å²) in [4.78, 5) is 19.0. The molecule has 0 amide bonds. The van der Waals surface area contributed by atoms with E-state index in [4.69, 9.17) is 5.73 Å². The first-order valence-electron chi connectivity index (χ1n) is 6.04. The average Bonchev–Trinajstić information content (AvgIpc) is 2.43. The summed E-state index contributed by atoms with van der Waals surface area (Å²) in [6.07, 6.45) is 0. The number of nitrogens with two attached hydrogens (primary N) is 1. The maximum atomic E-state index is 13.1. The van der Waals surface area contributed by atoms with Crippen molar-refractivity contribution in [2.75, 3.05) is 11.1 Å². The molecule has 3 aromatic rings. The number of fused-ring (bicyclic) bond motifs is 1. The molecule has 0 aliphatic heterocycles. The third-order valence-electron chi connectivity index (χ3n) is 2.91. The number of nitrogen functional groups attached to an aromatic ring is 1. The number of hydrogen-bond donors (Lipinski definition) is 3. The Bertz CT molecular complexity index is 894. The molecule has 5 nitrogen and oxygen atoms in total. The molecule has 1 aromatic heterocycles. The molecule has 3 rings (SSSR count). The second-order valence-electron chi connectivity index (χ2n) is 4.44. The van der Waals surface area contributed by atoms with Crippen molar-refractivity contribution in [1.29, 1.82) is 0 Å². The number of nitrogens with one attached hydrogen (secondary N) is 2. The van der Waals surface area contributed by atoms with Crippen molar-refractivity contribution in [3.8, 4) is 0 Å². The molecule has 0 saturated heterocycles. The van der Waals surface area contributed by atoms with Crippen LogP contribution in [-0.4, -0.2) is 9.97 Å². The Morgan fingerprint density at radius 2 is 2.05 bits per heavy atom. The number of nitrogens with zero attached hydrogens (tertiary/aromatic N) is 1. The number of rotatable bonds is 2. The Balaban J connectivity index is 2.05. The van der Waals surface area contributed by atoms with Crippen molar-refractivity contribution < 1.29 is 4.39 Å². The molecule has 0 saturated carbocycles. The summed E-state index contributed by atoms with van der Waals surface area (Å²) >= 11 is 2.01. The Labute approximate surface area is 132 Å². The van der Waals surface area contributed by atoms with E-state index in [9.17, 15) is 9.18 Å². The molecule has 0 atom stereocenters. The third-order valence-corrected chi connectivity index (χ3v) is 3.81. The van der Waals surface area contributed by atoms with Gasteiger partial charge in [0, 0.05) is 9.26 Å². The van der Waals surface area contributed by atoms with Crippen LogP contribution in [0.4, 0.5) is 21.7 Å². The van der Waals surface area contributed by atoms with E-state index in [1.54, 1.807) is 24.3 Å². The molecule has 0 fully saturated rings. The number of halogens is 2. The molecule has 4 N–H and O–H groups in total. The molecule has 1 heterocycles. The van der Waals surface area contributed by atoms with Crippen LogP contribution in [0.1, 0.15) is 0 Å². The number of hydrogen-bond acceptors (Lipinski definition) is 4. The zero-order valence-electron chi connectivity index (χ0n) is 10.7. The summed E-state index contributed by atoms with van der Waals surface area (Å²) in [6, 6.07) is 9.25. The number of benzene rings is 2. The van der Waals surface area contributed by atoms with Crippen LogP contribution in [0.5, 0.6) is 0 Å². The van der Waals surface area contributed by atoms with Crippen LogP contribution in [0.25, 0.3) is 10.9 Å². The number of anilines is 3. The molecule has 2 aromatic carbocycles. The maximum Gasteiger partial charge on any atom is 0.260 e. The summed E-state index contributed by atoms with van der Waals surface area (Å²) in [5.74, 6) is -0.0258. The molecule has 0 spiro atoms. The topological polar surface area (TPSA) is 83.8 Å². The quantitative estimate of drug-likeness (QED) is 0.460. The zero-order chi connectivity index (χ0) is 15.0. The van der Waals surface area contributed by atoms with Gasteiger partial charge in [0.05, 0.1) is 16.6 Å². The van der Waals surface area contributed by atoms with Gasteiger partial charge < -0.3 is 11.1 Å². The summed E-state index contributed by atoms with van der Waals surface area (Å²) < 4.78 is 13.8. The first kappa shape index (κ1) is 13.8. The summed E-state index contributed by atoms with van der Waals surface area (Å²) in [7, 11) is 0. The van der Waals surface area contributed by atoms with E-state index in [-0.39, 0.29) is 11.4 Å². The van der Waals surface area contributed by atoms with Gasteiger partial charge in [-0.25, -0.2) is 9.37 Å². The molecule has 0 aliphatic rings. The Kier molecular flexibility index (Phi) is 3.50. The molecule has 0 aliphatic carbocycles. The van der Waals surface area contributed by atoms with E-state index in [1.165, 1.54) is 12.1 Å². The predicted molar refractivity (Wildman–Crippen MR) is 89.2 cm³/mol. The largest absolute Gasteiger partial charge is 0.399 e. The molecule has 0 bridgehead atoms. The van der Waals surface area contributed by atoms with Gasteiger partial charge >= 0.3 is 0 Å². The number of H-pyrrole nitrogens is 1. The van der Waals surface area contributed by atoms with Crippen molar-refractivity contribution in [1.82, 2.24) is 9.97 Å². The highest BCUT2D eigenvalue weighted by Gasteiger charge is 2.07. The molecule has 21 heavy (non-hydrogen) atoms. The van der Waals surface area contributed by atoms with E-state index in [2.05, 4.69) is 15.3 Å². The van der Waals surface area contributed by atoms with Crippen LogP contribution in [0.2, 0.25) is 0 Å². The van der Waals surface area contributed by atoms with Gasteiger partial charge in [0.1, 0.15) is 5.82 Å². The fourth-order valence-electron chi connectivity index (χ4n) is 1.93. The SMILES string of the molecule is Nc1ccc2nc(Nc3ccc(F)cc3I)[nH]c(=O)c2c1. The monoisotopic (exact) mass is 396 g/mol. The normalized spacial score (nSPS) is 10.8. The van der Waals surface area contributed by atoms with Gasteiger partial charge in [0.15, 0.2) is 0 Å². The third kappa shape index (κ3) is 2.82. The van der Waals surface area contributed by atoms with Crippen molar-refractivity contribution in [3.63, 3.8) is 0 Å². The Hall–Kier alpha value is -2.16. The maximum absolute atomic E-state index is 13.1. The molecular formula is C14H10FIN4O. The van der Waals surface area contributed by atoms with Gasteiger partial charge in [-0.3, -0.25) is 9.78 Å². The molecule has 7 heteroatoms. The van der Waals surface area contributed by atoms with Gasteiger partial charge in [0.25, 0.3) is 5.56 Å². The van der Waals surface area contributed by atoms with E-state index in [0.717, 1.165) is 0 Å². The Morgan fingerprint density at radius 1 is 1.24 bits per heavy atom. The highest BCUT2D eigenvalue weighted by atomic mass is 127. The second kappa shape index (κ2) is 5.32. The van der Waals surface area contributed by atoms with Gasteiger partial charge in [-0.15, -0.1) is 0 Å². The number of aromatic amines is 1. The lowest BCUT2D eigenvalue weighted by atomic mass is 10.2. The van der Waals surface area contributed by atoms with Crippen LogP contribution < -0.4 is 16.6 Å². The average molecular weight is 396 g/mol. The minimum Gasteiger partial charge on any atom is -0.399 e. The van der Waals surface area contributed by atoms with Crippen LogP contribution >= 0.6 is 22.6 Å². The summed E-state index contributed by atoms with van der Waals surface area (Å²) in [5, 5.41) is 3.40. The minimum atomic E-state index is -0.319. The van der Waals surface area contributed by atoms with Gasteiger partial charge in [-0.05, 0) is 59.0 Å². The van der Waals surface area contributed by atoms with Gasteiger partial charge in [-0.2, -0.15) is 0 Å². The summed E-state index contributed by atoms with van der Waals surface area (Å²) in [6.45, 7) is 0. The van der Waals surface area contributed by atoms with Gasteiger partial charge in [-0.1, -0.05) is 0 Å². The van der Waals surface area contributed by atoms with Crippen LogP contribution in [-0.2, 0) is 0 Å². The lowest BCUT2D eigenvalue weighted by Crippen LogP contribution is -2.11. The highest BCUT2D eigenvalue weighted by Crippen LogP contribution is 2.22. The molecular weight excluding hydrogens is 386 g/mol. The lowest BCUT2D eigenvalue weighted by Gasteiger charge is -2.08. The van der Waals surface area contributed by atoms with Crippen molar-refractivity contribution in [2.45, 2.75) is 0 Å². The van der Waals surface area contributed by atoms with Crippen molar-refractivity contribution in [3.05, 3.63) is 56.1 Å². The zero-order valence-corrected chi connectivity index (χ0v) is 12.8. The van der Waals surface area contributed by atoms with Crippen molar-refractivity contribution >= 4 is 50.8 Å². The standard InChI is InChI=1S/C14H10FIN4O/c15-7-1-3-12(10(16)5-7)19-14-18-11-4-2-8(17)6-9(11)13(21)20-14/h1-6H,17H2,(H2,18,19,20,21). The van der Waals surface area contributed by atoms with Crippen LogP contribution in [0.3, 0.4) is 0 Å². The second-order valence-corrected chi connectivity index (χ2v) is 5.60. The first-order chi connectivity index (χ1) is 10.0. The van der Waals surface area contributed by atoms with E-state index >= 15 is 0 Å². The fourth-order valence-corrected chi connectivity index (χ4v) is 2.55.